The molecule has 5 nitrogen and oxygen atoms in total. The molecule has 24 heavy (non-hydrogen) atoms. The number of anilines is 1. The zero-order valence-electron chi connectivity index (χ0n) is 13.0. The minimum absolute atomic E-state index is 0.195. The Morgan fingerprint density at radius 3 is 2.38 bits per heavy atom. The van der Waals surface area contributed by atoms with Gasteiger partial charge in [-0.05, 0) is 11.6 Å². The molecule has 0 aliphatic rings. The van der Waals surface area contributed by atoms with Crippen molar-refractivity contribution >= 4 is 39.3 Å². The molecule has 0 unspecified atom stereocenters. The zero-order valence-corrected chi connectivity index (χ0v) is 14.6. The normalized spacial score (nSPS) is 10.1. The van der Waals surface area contributed by atoms with E-state index < -0.39 is 18.3 Å². The van der Waals surface area contributed by atoms with Crippen molar-refractivity contribution in [2.75, 3.05) is 12.4 Å². The van der Waals surface area contributed by atoms with E-state index in [0.29, 0.717) is 22.1 Å². The smallest absolute Gasteiger partial charge is 0.315 e. The Kier molecular flexibility index (Phi) is 6.26. The molecule has 2 aromatic rings. The van der Waals surface area contributed by atoms with Gasteiger partial charge in [-0.25, -0.2) is 0 Å². The molecule has 0 saturated carbocycles. The van der Waals surface area contributed by atoms with Crippen LogP contribution in [0.25, 0.3) is 0 Å². The number of hydrogen-bond donors (Lipinski definition) is 1. The molecular formula is C18H16BrNO4. The molecule has 0 aliphatic heterocycles. The number of ketones is 1. The monoisotopic (exact) mass is 389 g/mol. The Morgan fingerprint density at radius 1 is 1.04 bits per heavy atom. The van der Waals surface area contributed by atoms with Gasteiger partial charge in [-0.15, -0.1) is 0 Å². The maximum absolute atomic E-state index is 12.8. The molecule has 0 aromatic heterocycles. The maximum Gasteiger partial charge on any atom is 0.315 e. The first kappa shape index (κ1) is 17.9. The number of methoxy groups -OCH3 is 1. The highest BCUT2D eigenvalue weighted by Gasteiger charge is 2.19. The van der Waals surface area contributed by atoms with Crippen LogP contribution in [0, 0.1) is 0 Å². The molecule has 2 rings (SSSR count). The Balaban J connectivity index is 2.37. The number of nitrogens with one attached hydrogen (secondary N) is 1. The molecule has 0 aliphatic carbocycles. The Labute approximate surface area is 148 Å². The zero-order chi connectivity index (χ0) is 17.5. The van der Waals surface area contributed by atoms with Crippen LogP contribution in [-0.4, -0.2) is 24.8 Å². The molecule has 2 aromatic carbocycles. The molecule has 0 saturated heterocycles. The van der Waals surface area contributed by atoms with Gasteiger partial charge in [0.15, 0.2) is 5.78 Å². The van der Waals surface area contributed by atoms with Gasteiger partial charge in [-0.2, -0.15) is 0 Å². The van der Waals surface area contributed by atoms with Crippen LogP contribution >= 0.6 is 15.9 Å². The van der Waals surface area contributed by atoms with Crippen LogP contribution in [0.3, 0.4) is 0 Å². The van der Waals surface area contributed by atoms with Crippen molar-refractivity contribution in [1.29, 1.82) is 0 Å². The summed E-state index contributed by atoms with van der Waals surface area (Å²) in [6.07, 6.45) is -0.409. The highest BCUT2D eigenvalue weighted by molar-refractivity contribution is 9.08. The predicted molar refractivity (Wildman–Crippen MR) is 94.2 cm³/mol. The third-order valence-electron chi connectivity index (χ3n) is 3.36. The van der Waals surface area contributed by atoms with E-state index >= 15 is 0 Å². The Bertz CT molecular complexity index is 759. The number of ether oxygens (including phenoxy) is 1. The highest BCUT2D eigenvalue weighted by atomic mass is 79.9. The number of hydrogen-bond acceptors (Lipinski definition) is 4. The van der Waals surface area contributed by atoms with E-state index in [1.807, 2.05) is 6.07 Å². The van der Waals surface area contributed by atoms with Gasteiger partial charge in [0.25, 0.3) is 0 Å². The lowest BCUT2D eigenvalue weighted by molar-refractivity contribution is -0.142. The van der Waals surface area contributed by atoms with Gasteiger partial charge in [0.05, 0.1) is 18.4 Å². The predicted octanol–water partition coefficient (Wildman–Crippen LogP) is 3.31. The van der Waals surface area contributed by atoms with Crippen molar-refractivity contribution in [1.82, 2.24) is 0 Å². The molecule has 0 spiro atoms. The van der Waals surface area contributed by atoms with Gasteiger partial charge in [-0.3, -0.25) is 14.4 Å². The SMILES string of the molecule is COC(=O)CC(=O)Nc1cccc(CBr)c1C(=O)c1ccccc1. The van der Waals surface area contributed by atoms with E-state index in [-0.39, 0.29) is 5.78 Å². The van der Waals surface area contributed by atoms with Crippen LogP contribution in [0.15, 0.2) is 48.5 Å². The van der Waals surface area contributed by atoms with Crippen LogP contribution < -0.4 is 5.32 Å². The van der Waals surface area contributed by atoms with Crippen LogP contribution in [-0.2, 0) is 19.7 Å². The number of esters is 1. The average molecular weight is 390 g/mol. The standard InChI is InChI=1S/C18H16BrNO4/c1-24-16(22)10-15(21)20-14-9-5-8-13(11-19)17(14)18(23)12-6-3-2-4-7-12/h2-9H,10-11H2,1H3,(H,20,21). The van der Waals surface area contributed by atoms with Gasteiger partial charge >= 0.3 is 5.97 Å². The number of amides is 1. The molecule has 0 heterocycles. The van der Waals surface area contributed by atoms with Crippen molar-refractivity contribution in [3.05, 3.63) is 65.2 Å². The Hall–Kier alpha value is -2.47. The lowest BCUT2D eigenvalue weighted by Crippen LogP contribution is -2.19. The van der Waals surface area contributed by atoms with E-state index in [1.165, 1.54) is 7.11 Å². The average Bonchev–Trinajstić information content (AvgIpc) is 2.61. The van der Waals surface area contributed by atoms with Crippen molar-refractivity contribution in [2.45, 2.75) is 11.8 Å². The molecular weight excluding hydrogens is 374 g/mol. The van der Waals surface area contributed by atoms with Gasteiger partial charge in [0.2, 0.25) is 5.91 Å². The third kappa shape index (κ3) is 4.29. The Morgan fingerprint density at radius 2 is 1.75 bits per heavy atom. The van der Waals surface area contributed by atoms with Crippen LogP contribution in [0.1, 0.15) is 27.9 Å². The number of halogens is 1. The van der Waals surface area contributed by atoms with E-state index in [0.717, 1.165) is 5.56 Å². The quantitative estimate of drug-likeness (QED) is 0.356. The fourth-order valence-corrected chi connectivity index (χ4v) is 2.68. The summed E-state index contributed by atoms with van der Waals surface area (Å²) in [5.74, 6) is -1.37. The summed E-state index contributed by atoms with van der Waals surface area (Å²) in [4.78, 5) is 36.0. The lowest BCUT2D eigenvalue weighted by Gasteiger charge is -2.14. The lowest BCUT2D eigenvalue weighted by atomic mass is 9.97. The van der Waals surface area contributed by atoms with Crippen molar-refractivity contribution in [3.63, 3.8) is 0 Å². The number of alkyl halides is 1. The molecule has 124 valence electrons. The number of rotatable bonds is 6. The first-order valence-electron chi connectivity index (χ1n) is 7.21. The first-order valence-corrected chi connectivity index (χ1v) is 8.33. The van der Waals surface area contributed by atoms with Crippen molar-refractivity contribution < 1.29 is 19.1 Å². The first-order chi connectivity index (χ1) is 11.6. The van der Waals surface area contributed by atoms with E-state index in [4.69, 9.17) is 0 Å². The van der Waals surface area contributed by atoms with Gasteiger partial charge < -0.3 is 10.1 Å². The minimum atomic E-state index is -0.639. The highest BCUT2D eigenvalue weighted by Crippen LogP contribution is 2.25. The summed E-state index contributed by atoms with van der Waals surface area (Å²) in [6, 6.07) is 14.0. The van der Waals surface area contributed by atoms with E-state index in [9.17, 15) is 14.4 Å². The minimum Gasteiger partial charge on any atom is -0.469 e. The second kappa shape index (κ2) is 8.40. The summed E-state index contributed by atoms with van der Waals surface area (Å²) in [5.41, 5.74) is 2.04. The summed E-state index contributed by atoms with van der Waals surface area (Å²) < 4.78 is 4.48. The number of carbonyl (C=O) groups is 3. The topological polar surface area (TPSA) is 72.5 Å². The largest absolute Gasteiger partial charge is 0.469 e. The number of benzene rings is 2. The molecule has 0 fully saturated rings. The fourth-order valence-electron chi connectivity index (χ4n) is 2.22. The fraction of sp³-hybridized carbons (Fsp3) is 0.167. The summed E-state index contributed by atoms with van der Waals surface area (Å²) in [6.45, 7) is 0. The molecule has 6 heteroatoms. The maximum atomic E-state index is 12.8. The summed E-state index contributed by atoms with van der Waals surface area (Å²) >= 11 is 3.36. The summed E-state index contributed by atoms with van der Waals surface area (Å²) in [7, 11) is 1.21. The van der Waals surface area contributed by atoms with Crippen LogP contribution in [0.5, 0.6) is 0 Å². The summed E-state index contributed by atoms with van der Waals surface area (Å²) in [5, 5.41) is 3.08. The van der Waals surface area contributed by atoms with Crippen molar-refractivity contribution in [2.24, 2.45) is 0 Å². The molecule has 0 bridgehead atoms. The molecule has 1 amide bonds. The van der Waals surface area contributed by atoms with Gasteiger partial charge in [0, 0.05) is 10.9 Å². The van der Waals surface area contributed by atoms with Gasteiger partial charge in [0.1, 0.15) is 6.42 Å². The number of carbonyl (C=O) groups excluding carboxylic acids is 3. The van der Waals surface area contributed by atoms with E-state index in [1.54, 1.807) is 42.5 Å². The molecule has 1 N–H and O–H groups in total. The van der Waals surface area contributed by atoms with Gasteiger partial charge in [-0.1, -0.05) is 58.4 Å². The second-order valence-electron chi connectivity index (χ2n) is 4.97. The second-order valence-corrected chi connectivity index (χ2v) is 5.53. The van der Waals surface area contributed by atoms with Crippen LogP contribution in [0.2, 0.25) is 0 Å². The van der Waals surface area contributed by atoms with E-state index in [2.05, 4.69) is 26.0 Å². The van der Waals surface area contributed by atoms with Crippen molar-refractivity contribution in [3.8, 4) is 0 Å². The molecule has 0 atom stereocenters. The third-order valence-corrected chi connectivity index (χ3v) is 3.97. The van der Waals surface area contributed by atoms with Crippen LogP contribution in [0.4, 0.5) is 5.69 Å². The molecule has 0 radical (unpaired) electrons.